The van der Waals surface area contributed by atoms with Gasteiger partial charge in [0.2, 0.25) is 5.91 Å². The summed E-state index contributed by atoms with van der Waals surface area (Å²) in [5.41, 5.74) is 1.51. The zero-order chi connectivity index (χ0) is 18.5. The SMILES string of the molecule is COc1ccc2cc(C(=O)NCCC(=O)NC3CCCCC3)n(C)c2c1. The van der Waals surface area contributed by atoms with Gasteiger partial charge < -0.3 is 19.9 Å². The van der Waals surface area contributed by atoms with Crippen molar-refractivity contribution in [3.05, 3.63) is 30.0 Å². The highest BCUT2D eigenvalue weighted by molar-refractivity contribution is 5.99. The van der Waals surface area contributed by atoms with E-state index in [0.29, 0.717) is 24.7 Å². The lowest BCUT2D eigenvalue weighted by Crippen LogP contribution is -2.38. The third kappa shape index (κ3) is 4.18. The Labute approximate surface area is 153 Å². The molecule has 0 aliphatic heterocycles. The molecule has 0 spiro atoms. The van der Waals surface area contributed by atoms with Crippen LogP contribution in [-0.4, -0.2) is 36.1 Å². The first-order valence-electron chi connectivity index (χ1n) is 9.29. The van der Waals surface area contributed by atoms with E-state index in [1.165, 1.54) is 19.3 Å². The monoisotopic (exact) mass is 357 g/mol. The fourth-order valence-corrected chi connectivity index (χ4v) is 3.58. The summed E-state index contributed by atoms with van der Waals surface area (Å²) < 4.78 is 7.08. The number of nitrogens with one attached hydrogen (secondary N) is 2. The highest BCUT2D eigenvalue weighted by Gasteiger charge is 2.17. The van der Waals surface area contributed by atoms with Crippen LogP contribution in [0.15, 0.2) is 24.3 Å². The molecular weight excluding hydrogens is 330 g/mol. The second-order valence-corrected chi connectivity index (χ2v) is 6.92. The van der Waals surface area contributed by atoms with Crippen molar-refractivity contribution in [1.29, 1.82) is 0 Å². The Bertz CT molecular complexity index is 791. The summed E-state index contributed by atoms with van der Waals surface area (Å²) >= 11 is 0. The predicted molar refractivity (Wildman–Crippen MR) is 101 cm³/mol. The van der Waals surface area contributed by atoms with Crippen molar-refractivity contribution >= 4 is 22.7 Å². The lowest BCUT2D eigenvalue weighted by Gasteiger charge is -2.22. The molecule has 0 saturated heterocycles. The number of aryl methyl sites for hydroxylation is 1. The molecule has 3 rings (SSSR count). The molecule has 1 aliphatic rings. The number of carbonyl (C=O) groups is 2. The van der Waals surface area contributed by atoms with Crippen LogP contribution in [-0.2, 0) is 11.8 Å². The summed E-state index contributed by atoms with van der Waals surface area (Å²) in [5, 5.41) is 6.89. The van der Waals surface area contributed by atoms with Crippen LogP contribution in [0.3, 0.4) is 0 Å². The molecule has 0 atom stereocenters. The Morgan fingerprint density at radius 2 is 1.96 bits per heavy atom. The first-order valence-corrected chi connectivity index (χ1v) is 9.29. The Balaban J connectivity index is 1.54. The minimum Gasteiger partial charge on any atom is -0.497 e. The molecule has 26 heavy (non-hydrogen) atoms. The van der Waals surface area contributed by atoms with E-state index < -0.39 is 0 Å². The summed E-state index contributed by atoms with van der Waals surface area (Å²) in [4.78, 5) is 24.5. The van der Waals surface area contributed by atoms with Gasteiger partial charge in [-0.2, -0.15) is 0 Å². The fourth-order valence-electron chi connectivity index (χ4n) is 3.58. The summed E-state index contributed by atoms with van der Waals surface area (Å²) in [5.74, 6) is 0.595. The number of amides is 2. The third-order valence-corrected chi connectivity index (χ3v) is 5.09. The van der Waals surface area contributed by atoms with E-state index in [-0.39, 0.29) is 11.8 Å². The summed E-state index contributed by atoms with van der Waals surface area (Å²) in [6.07, 6.45) is 6.08. The highest BCUT2D eigenvalue weighted by Crippen LogP contribution is 2.23. The lowest BCUT2D eigenvalue weighted by molar-refractivity contribution is -0.121. The van der Waals surface area contributed by atoms with Gasteiger partial charge in [-0.15, -0.1) is 0 Å². The Kier molecular flexibility index (Phi) is 5.81. The molecule has 6 nitrogen and oxygen atoms in total. The Morgan fingerprint density at radius 1 is 1.19 bits per heavy atom. The van der Waals surface area contributed by atoms with E-state index in [1.807, 2.05) is 35.9 Å². The largest absolute Gasteiger partial charge is 0.497 e. The smallest absolute Gasteiger partial charge is 0.267 e. The number of aromatic nitrogens is 1. The van der Waals surface area contributed by atoms with Crippen molar-refractivity contribution in [2.75, 3.05) is 13.7 Å². The first kappa shape index (κ1) is 18.3. The number of methoxy groups -OCH3 is 1. The standard InChI is InChI=1S/C20H27N3O3/c1-23-17-13-16(26-2)9-8-14(17)12-18(23)20(25)21-11-10-19(24)22-15-6-4-3-5-7-15/h8-9,12-13,15H,3-7,10-11H2,1-2H3,(H,21,25)(H,22,24). The van der Waals surface area contributed by atoms with Crippen molar-refractivity contribution in [3.8, 4) is 5.75 Å². The van der Waals surface area contributed by atoms with Gasteiger partial charge in [-0.05, 0) is 31.0 Å². The van der Waals surface area contributed by atoms with Crippen molar-refractivity contribution in [2.24, 2.45) is 7.05 Å². The molecule has 0 radical (unpaired) electrons. The van der Waals surface area contributed by atoms with Gasteiger partial charge in [0.15, 0.2) is 0 Å². The average Bonchev–Trinajstić information content (AvgIpc) is 2.98. The average molecular weight is 357 g/mol. The van der Waals surface area contributed by atoms with Gasteiger partial charge in [-0.25, -0.2) is 0 Å². The van der Waals surface area contributed by atoms with E-state index in [0.717, 1.165) is 29.5 Å². The van der Waals surface area contributed by atoms with E-state index >= 15 is 0 Å². The quantitative estimate of drug-likeness (QED) is 0.835. The molecule has 1 aliphatic carbocycles. The molecule has 1 saturated carbocycles. The zero-order valence-electron chi connectivity index (χ0n) is 15.5. The molecule has 140 valence electrons. The summed E-state index contributed by atoms with van der Waals surface area (Å²) in [6, 6.07) is 7.87. The molecular formula is C20H27N3O3. The van der Waals surface area contributed by atoms with Gasteiger partial charge in [-0.1, -0.05) is 19.3 Å². The molecule has 2 N–H and O–H groups in total. The van der Waals surface area contributed by atoms with Crippen LogP contribution in [0, 0.1) is 0 Å². The summed E-state index contributed by atoms with van der Waals surface area (Å²) in [6.45, 7) is 0.336. The van der Waals surface area contributed by atoms with E-state index in [2.05, 4.69) is 10.6 Å². The minimum absolute atomic E-state index is 0.0129. The van der Waals surface area contributed by atoms with Gasteiger partial charge in [-0.3, -0.25) is 9.59 Å². The highest BCUT2D eigenvalue weighted by atomic mass is 16.5. The van der Waals surface area contributed by atoms with Gasteiger partial charge in [0.25, 0.3) is 5.91 Å². The zero-order valence-corrected chi connectivity index (χ0v) is 15.5. The number of nitrogens with zero attached hydrogens (tertiary/aromatic N) is 1. The van der Waals surface area contributed by atoms with E-state index in [9.17, 15) is 9.59 Å². The molecule has 2 aromatic rings. The molecule has 6 heteroatoms. The first-order chi connectivity index (χ1) is 12.6. The molecule has 1 aromatic carbocycles. The van der Waals surface area contributed by atoms with Gasteiger partial charge in [0.05, 0.1) is 12.6 Å². The van der Waals surface area contributed by atoms with Crippen LogP contribution in [0.2, 0.25) is 0 Å². The number of hydrogen-bond donors (Lipinski definition) is 2. The molecule has 1 fully saturated rings. The second-order valence-electron chi connectivity index (χ2n) is 6.92. The lowest BCUT2D eigenvalue weighted by atomic mass is 9.95. The normalized spacial score (nSPS) is 15.0. The van der Waals surface area contributed by atoms with Crippen LogP contribution < -0.4 is 15.4 Å². The topological polar surface area (TPSA) is 72.4 Å². The maximum absolute atomic E-state index is 12.5. The molecule has 0 unspecified atom stereocenters. The minimum atomic E-state index is -0.173. The van der Waals surface area contributed by atoms with Crippen LogP contribution in [0.1, 0.15) is 49.0 Å². The van der Waals surface area contributed by atoms with Crippen LogP contribution >= 0.6 is 0 Å². The van der Waals surface area contributed by atoms with Crippen molar-refractivity contribution < 1.29 is 14.3 Å². The van der Waals surface area contributed by atoms with Crippen LogP contribution in [0.5, 0.6) is 5.75 Å². The number of hydrogen-bond acceptors (Lipinski definition) is 3. The molecule has 1 heterocycles. The van der Waals surface area contributed by atoms with Crippen LogP contribution in [0.25, 0.3) is 10.9 Å². The van der Waals surface area contributed by atoms with Crippen molar-refractivity contribution in [1.82, 2.24) is 15.2 Å². The molecule has 0 bridgehead atoms. The van der Waals surface area contributed by atoms with E-state index in [4.69, 9.17) is 4.74 Å². The molecule has 2 amide bonds. The number of carbonyl (C=O) groups excluding carboxylic acids is 2. The van der Waals surface area contributed by atoms with Gasteiger partial charge in [0, 0.05) is 37.5 Å². The van der Waals surface area contributed by atoms with E-state index in [1.54, 1.807) is 7.11 Å². The Morgan fingerprint density at radius 3 is 2.69 bits per heavy atom. The number of rotatable bonds is 6. The maximum Gasteiger partial charge on any atom is 0.267 e. The maximum atomic E-state index is 12.5. The van der Waals surface area contributed by atoms with Crippen molar-refractivity contribution in [2.45, 2.75) is 44.6 Å². The number of ether oxygens (including phenoxy) is 1. The second kappa shape index (κ2) is 8.25. The number of benzene rings is 1. The van der Waals surface area contributed by atoms with Crippen molar-refractivity contribution in [3.63, 3.8) is 0 Å². The third-order valence-electron chi connectivity index (χ3n) is 5.09. The summed E-state index contributed by atoms with van der Waals surface area (Å²) in [7, 11) is 3.47. The Hall–Kier alpha value is -2.50. The number of fused-ring (bicyclic) bond motifs is 1. The predicted octanol–water partition coefficient (Wildman–Crippen LogP) is 2.76. The molecule has 1 aromatic heterocycles. The van der Waals surface area contributed by atoms with Gasteiger partial charge >= 0.3 is 0 Å². The fraction of sp³-hybridized carbons (Fsp3) is 0.500. The van der Waals surface area contributed by atoms with Gasteiger partial charge in [0.1, 0.15) is 11.4 Å². The van der Waals surface area contributed by atoms with Crippen LogP contribution in [0.4, 0.5) is 0 Å².